The van der Waals surface area contributed by atoms with E-state index in [1.807, 2.05) is 61.5 Å². The van der Waals surface area contributed by atoms with Crippen LogP contribution in [-0.2, 0) is 9.59 Å². The van der Waals surface area contributed by atoms with Gasteiger partial charge < -0.3 is 15.0 Å². The van der Waals surface area contributed by atoms with Crippen molar-refractivity contribution in [3.63, 3.8) is 0 Å². The zero-order valence-corrected chi connectivity index (χ0v) is 14.0. The van der Waals surface area contributed by atoms with Crippen LogP contribution < -0.4 is 15.0 Å². The SMILES string of the molecule is CCOc1ccccc1N(CCC(=O)Nc1ccccc1)C(C)=O. The molecule has 0 aliphatic carbocycles. The zero-order chi connectivity index (χ0) is 17.4. The topological polar surface area (TPSA) is 58.6 Å². The average Bonchev–Trinajstić information content (AvgIpc) is 2.57. The summed E-state index contributed by atoms with van der Waals surface area (Å²) in [5, 5.41) is 2.82. The normalized spacial score (nSPS) is 10.1. The van der Waals surface area contributed by atoms with Crippen molar-refractivity contribution >= 4 is 23.2 Å². The van der Waals surface area contributed by atoms with E-state index in [1.165, 1.54) is 6.92 Å². The lowest BCUT2D eigenvalue weighted by Gasteiger charge is -2.23. The predicted octanol–water partition coefficient (Wildman–Crippen LogP) is 3.47. The van der Waals surface area contributed by atoms with E-state index in [1.54, 1.807) is 4.90 Å². The summed E-state index contributed by atoms with van der Waals surface area (Å²) in [5.41, 5.74) is 1.42. The second-order valence-electron chi connectivity index (χ2n) is 5.24. The van der Waals surface area contributed by atoms with Crippen molar-refractivity contribution in [3.8, 4) is 5.75 Å². The number of ether oxygens (including phenoxy) is 1. The number of nitrogens with one attached hydrogen (secondary N) is 1. The Kier molecular flexibility index (Phi) is 6.37. The number of amides is 2. The fourth-order valence-corrected chi connectivity index (χ4v) is 2.36. The molecule has 0 spiro atoms. The lowest BCUT2D eigenvalue weighted by Crippen LogP contribution is -2.32. The van der Waals surface area contributed by atoms with E-state index in [-0.39, 0.29) is 24.8 Å². The fraction of sp³-hybridized carbons (Fsp3) is 0.263. The van der Waals surface area contributed by atoms with Crippen LogP contribution in [0.3, 0.4) is 0 Å². The lowest BCUT2D eigenvalue weighted by atomic mass is 10.2. The van der Waals surface area contributed by atoms with Crippen LogP contribution in [0, 0.1) is 0 Å². The maximum absolute atomic E-state index is 12.1. The van der Waals surface area contributed by atoms with Crippen molar-refractivity contribution in [2.24, 2.45) is 0 Å². The summed E-state index contributed by atoms with van der Waals surface area (Å²) in [6, 6.07) is 16.6. The van der Waals surface area contributed by atoms with Gasteiger partial charge in [0, 0.05) is 25.6 Å². The molecule has 0 bridgehead atoms. The van der Waals surface area contributed by atoms with Crippen molar-refractivity contribution in [1.82, 2.24) is 0 Å². The molecule has 2 amide bonds. The molecule has 0 fully saturated rings. The van der Waals surface area contributed by atoms with Crippen LogP contribution >= 0.6 is 0 Å². The maximum atomic E-state index is 12.1. The van der Waals surface area contributed by atoms with Gasteiger partial charge in [0.15, 0.2) is 0 Å². The number of hydrogen-bond donors (Lipinski definition) is 1. The van der Waals surface area contributed by atoms with E-state index >= 15 is 0 Å². The summed E-state index contributed by atoms with van der Waals surface area (Å²) in [7, 11) is 0. The van der Waals surface area contributed by atoms with E-state index in [0.717, 1.165) is 5.69 Å². The van der Waals surface area contributed by atoms with E-state index in [2.05, 4.69) is 5.32 Å². The maximum Gasteiger partial charge on any atom is 0.226 e. The molecule has 0 saturated heterocycles. The van der Waals surface area contributed by atoms with Crippen LogP contribution in [0.25, 0.3) is 0 Å². The van der Waals surface area contributed by atoms with Crippen molar-refractivity contribution < 1.29 is 14.3 Å². The molecule has 5 heteroatoms. The highest BCUT2D eigenvalue weighted by molar-refractivity contribution is 5.95. The minimum absolute atomic E-state index is 0.130. The first-order chi connectivity index (χ1) is 11.6. The van der Waals surface area contributed by atoms with E-state index in [9.17, 15) is 9.59 Å². The van der Waals surface area contributed by atoms with Crippen molar-refractivity contribution in [1.29, 1.82) is 0 Å². The Balaban J connectivity index is 2.04. The lowest BCUT2D eigenvalue weighted by molar-refractivity contribution is -0.117. The summed E-state index contributed by atoms with van der Waals surface area (Å²) in [6.07, 6.45) is 0.203. The predicted molar refractivity (Wildman–Crippen MR) is 95.3 cm³/mol. The molecule has 0 atom stereocenters. The van der Waals surface area contributed by atoms with Crippen LogP contribution in [0.15, 0.2) is 54.6 Å². The number of rotatable bonds is 7. The number of hydrogen-bond acceptors (Lipinski definition) is 3. The number of para-hydroxylation sites is 3. The van der Waals surface area contributed by atoms with Gasteiger partial charge in [-0.1, -0.05) is 30.3 Å². The van der Waals surface area contributed by atoms with Gasteiger partial charge in [-0.2, -0.15) is 0 Å². The Labute approximate surface area is 142 Å². The molecule has 126 valence electrons. The van der Waals surface area contributed by atoms with Gasteiger partial charge >= 0.3 is 0 Å². The van der Waals surface area contributed by atoms with Gasteiger partial charge in [0.05, 0.1) is 12.3 Å². The molecule has 0 saturated carbocycles. The Bertz CT molecular complexity index is 686. The Morgan fingerprint density at radius 2 is 1.71 bits per heavy atom. The largest absolute Gasteiger partial charge is 0.492 e. The first kappa shape index (κ1) is 17.5. The molecular weight excluding hydrogens is 304 g/mol. The molecule has 1 N–H and O–H groups in total. The molecule has 0 aliphatic heterocycles. The molecule has 0 aliphatic rings. The second kappa shape index (κ2) is 8.72. The highest BCUT2D eigenvalue weighted by Crippen LogP contribution is 2.28. The quantitative estimate of drug-likeness (QED) is 0.847. The van der Waals surface area contributed by atoms with E-state index in [4.69, 9.17) is 4.74 Å². The molecule has 2 aromatic rings. The molecule has 0 unspecified atom stereocenters. The molecular formula is C19H22N2O3. The van der Waals surface area contributed by atoms with Gasteiger partial charge in [-0.05, 0) is 31.2 Å². The van der Waals surface area contributed by atoms with Crippen LogP contribution in [0.4, 0.5) is 11.4 Å². The minimum atomic E-state index is -0.138. The third-order valence-electron chi connectivity index (χ3n) is 3.46. The third kappa shape index (κ3) is 4.84. The van der Waals surface area contributed by atoms with Crippen LogP contribution in [0.2, 0.25) is 0 Å². The Morgan fingerprint density at radius 1 is 1.04 bits per heavy atom. The van der Waals surface area contributed by atoms with Crippen LogP contribution in [0.5, 0.6) is 5.75 Å². The summed E-state index contributed by atoms with van der Waals surface area (Å²) in [5.74, 6) is 0.370. The fourth-order valence-electron chi connectivity index (χ4n) is 2.36. The molecule has 2 rings (SSSR count). The Morgan fingerprint density at radius 3 is 2.38 bits per heavy atom. The zero-order valence-electron chi connectivity index (χ0n) is 14.0. The molecule has 5 nitrogen and oxygen atoms in total. The molecule has 0 aromatic heterocycles. The second-order valence-corrected chi connectivity index (χ2v) is 5.24. The molecule has 2 aromatic carbocycles. The smallest absolute Gasteiger partial charge is 0.226 e. The van der Waals surface area contributed by atoms with E-state index < -0.39 is 0 Å². The minimum Gasteiger partial charge on any atom is -0.492 e. The van der Waals surface area contributed by atoms with Crippen LogP contribution in [0.1, 0.15) is 20.3 Å². The third-order valence-corrected chi connectivity index (χ3v) is 3.46. The first-order valence-corrected chi connectivity index (χ1v) is 7.96. The highest BCUT2D eigenvalue weighted by atomic mass is 16.5. The first-order valence-electron chi connectivity index (χ1n) is 7.96. The summed E-state index contributed by atoms with van der Waals surface area (Å²) >= 11 is 0. The summed E-state index contributed by atoms with van der Waals surface area (Å²) in [4.78, 5) is 25.7. The summed E-state index contributed by atoms with van der Waals surface area (Å²) in [6.45, 7) is 4.18. The van der Waals surface area contributed by atoms with Crippen molar-refractivity contribution in [2.45, 2.75) is 20.3 Å². The molecule has 0 heterocycles. The Hall–Kier alpha value is -2.82. The monoisotopic (exact) mass is 326 g/mol. The van der Waals surface area contributed by atoms with Crippen molar-refractivity contribution in [2.75, 3.05) is 23.4 Å². The molecule has 0 radical (unpaired) electrons. The number of carbonyl (C=O) groups is 2. The van der Waals surface area contributed by atoms with E-state index in [0.29, 0.717) is 18.0 Å². The van der Waals surface area contributed by atoms with Gasteiger partial charge in [-0.15, -0.1) is 0 Å². The summed E-state index contributed by atoms with van der Waals surface area (Å²) < 4.78 is 5.58. The highest BCUT2D eigenvalue weighted by Gasteiger charge is 2.17. The average molecular weight is 326 g/mol. The number of carbonyl (C=O) groups excluding carboxylic acids is 2. The van der Waals surface area contributed by atoms with Gasteiger partial charge in [0.2, 0.25) is 11.8 Å². The van der Waals surface area contributed by atoms with Crippen LogP contribution in [-0.4, -0.2) is 25.0 Å². The standard InChI is InChI=1S/C19H22N2O3/c1-3-24-18-12-8-7-11-17(18)21(15(2)22)14-13-19(23)20-16-9-5-4-6-10-16/h4-12H,3,13-14H2,1-2H3,(H,20,23). The van der Waals surface area contributed by atoms with Gasteiger partial charge in [0.25, 0.3) is 0 Å². The van der Waals surface area contributed by atoms with Gasteiger partial charge in [-0.25, -0.2) is 0 Å². The van der Waals surface area contributed by atoms with Crippen molar-refractivity contribution in [3.05, 3.63) is 54.6 Å². The van der Waals surface area contributed by atoms with Gasteiger partial charge in [0.1, 0.15) is 5.75 Å². The number of benzene rings is 2. The molecule has 24 heavy (non-hydrogen) atoms. The van der Waals surface area contributed by atoms with Gasteiger partial charge in [-0.3, -0.25) is 9.59 Å². The number of anilines is 2. The number of nitrogens with zero attached hydrogens (tertiary/aromatic N) is 1.